The van der Waals surface area contributed by atoms with Crippen LogP contribution in [0.25, 0.3) is 0 Å². The average molecular weight is 288 g/mol. The Kier molecular flexibility index (Phi) is 4.56. The van der Waals surface area contributed by atoms with Crippen LogP contribution in [0.4, 0.5) is 0 Å². The molecule has 0 bridgehead atoms. The van der Waals surface area contributed by atoms with E-state index in [2.05, 4.69) is 9.80 Å². The number of Topliss-reactive ketones (excluding diaryl/α,β-unsaturated/α-hetero) is 1. The van der Waals surface area contributed by atoms with Crippen molar-refractivity contribution < 1.29 is 9.53 Å². The molecule has 21 heavy (non-hydrogen) atoms. The first-order valence-corrected chi connectivity index (χ1v) is 7.90. The molecule has 0 radical (unpaired) electrons. The number of benzene rings is 1. The number of nitrogens with zero attached hydrogens (tertiary/aromatic N) is 2. The van der Waals surface area contributed by atoms with Gasteiger partial charge in [0.1, 0.15) is 5.75 Å². The number of para-hydroxylation sites is 1. The number of piperazine rings is 1. The van der Waals surface area contributed by atoms with Gasteiger partial charge in [-0.3, -0.25) is 14.6 Å². The van der Waals surface area contributed by atoms with Crippen LogP contribution >= 0.6 is 0 Å². The van der Waals surface area contributed by atoms with Gasteiger partial charge < -0.3 is 4.74 Å². The van der Waals surface area contributed by atoms with Crippen molar-refractivity contribution in [3.63, 3.8) is 0 Å². The highest BCUT2D eigenvalue weighted by molar-refractivity contribution is 6.00. The van der Waals surface area contributed by atoms with Crippen molar-refractivity contribution in [1.82, 2.24) is 9.80 Å². The number of ether oxygens (including phenoxy) is 1. The molecule has 4 nitrogen and oxygen atoms in total. The van der Waals surface area contributed by atoms with Crippen LogP contribution in [0, 0.1) is 0 Å². The Bertz CT molecular complexity index is 503. The van der Waals surface area contributed by atoms with E-state index in [1.807, 2.05) is 24.3 Å². The van der Waals surface area contributed by atoms with Crippen LogP contribution in [0.5, 0.6) is 5.75 Å². The van der Waals surface area contributed by atoms with E-state index in [1.165, 1.54) is 25.8 Å². The van der Waals surface area contributed by atoms with Crippen LogP contribution in [-0.2, 0) is 0 Å². The zero-order chi connectivity index (χ0) is 14.7. The van der Waals surface area contributed by atoms with E-state index in [0.717, 1.165) is 19.6 Å². The quantitative estimate of drug-likeness (QED) is 0.794. The predicted molar refractivity (Wildman–Crippen MR) is 83.0 cm³/mol. The summed E-state index contributed by atoms with van der Waals surface area (Å²) in [5.41, 5.74) is 0.700. The van der Waals surface area contributed by atoms with Crippen molar-refractivity contribution in [3.8, 4) is 5.75 Å². The molecule has 114 valence electrons. The topological polar surface area (TPSA) is 32.8 Å². The van der Waals surface area contributed by atoms with E-state index in [0.29, 0.717) is 23.9 Å². The Morgan fingerprint density at radius 3 is 2.95 bits per heavy atom. The van der Waals surface area contributed by atoms with E-state index in [-0.39, 0.29) is 5.78 Å². The second-order valence-corrected chi connectivity index (χ2v) is 6.04. The van der Waals surface area contributed by atoms with Gasteiger partial charge in [-0.2, -0.15) is 0 Å². The highest BCUT2D eigenvalue weighted by Gasteiger charge is 2.29. The number of hydrogen-bond acceptors (Lipinski definition) is 4. The molecule has 2 fully saturated rings. The lowest BCUT2D eigenvalue weighted by atomic mass is 9.99. The van der Waals surface area contributed by atoms with Gasteiger partial charge in [0.05, 0.1) is 19.2 Å². The first kappa shape index (κ1) is 14.5. The molecule has 1 aromatic carbocycles. The fourth-order valence-electron chi connectivity index (χ4n) is 3.53. The lowest BCUT2D eigenvalue weighted by Crippen LogP contribution is -2.55. The SMILES string of the molecule is COc1ccccc1C(=O)CN1CCN2CCCCC2C1. The third-order valence-corrected chi connectivity index (χ3v) is 4.70. The number of carbonyl (C=O) groups is 1. The molecular weight excluding hydrogens is 264 g/mol. The minimum absolute atomic E-state index is 0.164. The Morgan fingerprint density at radius 2 is 2.10 bits per heavy atom. The Hall–Kier alpha value is -1.39. The molecule has 0 aliphatic carbocycles. The number of carbonyl (C=O) groups excluding carboxylic acids is 1. The van der Waals surface area contributed by atoms with Gasteiger partial charge in [0.25, 0.3) is 0 Å². The van der Waals surface area contributed by atoms with E-state index in [1.54, 1.807) is 7.11 Å². The number of methoxy groups -OCH3 is 1. The van der Waals surface area contributed by atoms with Crippen LogP contribution in [0.3, 0.4) is 0 Å². The summed E-state index contributed by atoms with van der Waals surface area (Å²) >= 11 is 0. The summed E-state index contributed by atoms with van der Waals surface area (Å²) in [6.07, 6.45) is 3.94. The van der Waals surface area contributed by atoms with Gasteiger partial charge in [0, 0.05) is 25.7 Å². The molecule has 0 aromatic heterocycles. The van der Waals surface area contributed by atoms with Crippen molar-refractivity contribution in [3.05, 3.63) is 29.8 Å². The maximum Gasteiger partial charge on any atom is 0.180 e. The number of fused-ring (bicyclic) bond motifs is 1. The lowest BCUT2D eigenvalue weighted by molar-refractivity contribution is 0.0468. The first-order chi connectivity index (χ1) is 10.3. The van der Waals surface area contributed by atoms with Crippen molar-refractivity contribution in [2.45, 2.75) is 25.3 Å². The summed E-state index contributed by atoms with van der Waals surface area (Å²) in [6.45, 7) is 4.87. The number of piperidine rings is 1. The van der Waals surface area contributed by atoms with E-state index < -0.39 is 0 Å². The smallest absolute Gasteiger partial charge is 0.180 e. The fraction of sp³-hybridized carbons (Fsp3) is 0.588. The van der Waals surface area contributed by atoms with Crippen molar-refractivity contribution in [1.29, 1.82) is 0 Å². The van der Waals surface area contributed by atoms with Gasteiger partial charge in [-0.15, -0.1) is 0 Å². The largest absolute Gasteiger partial charge is 0.496 e. The molecule has 4 heteroatoms. The average Bonchev–Trinajstić information content (AvgIpc) is 2.54. The molecule has 1 atom stereocenters. The van der Waals surface area contributed by atoms with Gasteiger partial charge in [-0.25, -0.2) is 0 Å². The van der Waals surface area contributed by atoms with E-state index in [4.69, 9.17) is 4.74 Å². The van der Waals surface area contributed by atoms with Crippen molar-refractivity contribution >= 4 is 5.78 Å². The van der Waals surface area contributed by atoms with Crippen molar-refractivity contribution in [2.75, 3.05) is 39.8 Å². The molecule has 1 unspecified atom stereocenters. The summed E-state index contributed by atoms with van der Waals surface area (Å²) < 4.78 is 5.29. The van der Waals surface area contributed by atoms with Crippen LogP contribution in [-0.4, -0.2) is 61.5 Å². The number of hydrogen-bond donors (Lipinski definition) is 0. The zero-order valence-corrected chi connectivity index (χ0v) is 12.8. The van der Waals surface area contributed by atoms with Crippen LogP contribution < -0.4 is 4.74 Å². The normalized spacial score (nSPS) is 23.6. The summed E-state index contributed by atoms with van der Waals surface area (Å²) in [7, 11) is 1.62. The van der Waals surface area contributed by atoms with Gasteiger partial charge in [0.2, 0.25) is 0 Å². The summed E-state index contributed by atoms with van der Waals surface area (Å²) in [4.78, 5) is 17.4. The fourth-order valence-corrected chi connectivity index (χ4v) is 3.53. The maximum absolute atomic E-state index is 12.5. The second-order valence-electron chi connectivity index (χ2n) is 6.04. The van der Waals surface area contributed by atoms with Crippen LogP contribution in [0.2, 0.25) is 0 Å². The second kappa shape index (κ2) is 6.58. The number of ketones is 1. The van der Waals surface area contributed by atoms with Gasteiger partial charge in [-0.05, 0) is 31.5 Å². The molecule has 0 N–H and O–H groups in total. The van der Waals surface area contributed by atoms with E-state index in [9.17, 15) is 4.79 Å². The minimum Gasteiger partial charge on any atom is -0.496 e. The van der Waals surface area contributed by atoms with Crippen molar-refractivity contribution in [2.24, 2.45) is 0 Å². The van der Waals surface area contributed by atoms with Gasteiger partial charge in [0.15, 0.2) is 5.78 Å². The van der Waals surface area contributed by atoms with E-state index >= 15 is 0 Å². The monoisotopic (exact) mass is 288 g/mol. The molecule has 2 aliphatic rings. The van der Waals surface area contributed by atoms with Gasteiger partial charge >= 0.3 is 0 Å². The van der Waals surface area contributed by atoms with Crippen LogP contribution in [0.15, 0.2) is 24.3 Å². The third kappa shape index (κ3) is 3.27. The Morgan fingerprint density at radius 1 is 1.24 bits per heavy atom. The van der Waals surface area contributed by atoms with Gasteiger partial charge in [-0.1, -0.05) is 18.6 Å². The lowest BCUT2D eigenvalue weighted by Gasteiger charge is -2.43. The highest BCUT2D eigenvalue weighted by atomic mass is 16.5. The minimum atomic E-state index is 0.164. The summed E-state index contributed by atoms with van der Waals surface area (Å²) in [5.74, 6) is 0.843. The predicted octanol–water partition coefficient (Wildman–Crippen LogP) is 2.05. The maximum atomic E-state index is 12.5. The molecular formula is C17H24N2O2. The van der Waals surface area contributed by atoms with Crippen LogP contribution in [0.1, 0.15) is 29.6 Å². The summed E-state index contributed by atoms with van der Waals surface area (Å²) in [6, 6.07) is 8.16. The molecule has 2 heterocycles. The molecule has 3 rings (SSSR count). The standard InChI is InChI=1S/C17H24N2O2/c1-21-17-8-3-2-7-15(17)16(20)13-18-10-11-19-9-5-4-6-14(19)12-18/h2-3,7-8,14H,4-6,9-13H2,1H3. The zero-order valence-electron chi connectivity index (χ0n) is 12.8. The molecule has 1 aromatic rings. The molecule has 2 saturated heterocycles. The molecule has 0 amide bonds. The Labute approximate surface area is 126 Å². The third-order valence-electron chi connectivity index (χ3n) is 4.70. The first-order valence-electron chi connectivity index (χ1n) is 7.90. The Balaban J connectivity index is 1.62. The molecule has 2 aliphatic heterocycles. The molecule has 0 spiro atoms. The number of rotatable bonds is 4. The molecule has 0 saturated carbocycles. The summed E-state index contributed by atoms with van der Waals surface area (Å²) in [5, 5.41) is 0. The highest BCUT2D eigenvalue weighted by Crippen LogP contribution is 2.22.